The second-order valence-corrected chi connectivity index (χ2v) is 12.0. The first kappa shape index (κ1) is 27.4. The highest BCUT2D eigenvalue weighted by Crippen LogP contribution is 2.39. The van der Waals surface area contributed by atoms with E-state index < -0.39 is 0 Å². The number of nitrogens with zero attached hydrogens (tertiary/aromatic N) is 4. The van der Waals surface area contributed by atoms with Gasteiger partial charge < -0.3 is 9.13 Å². The molecule has 0 aliphatic heterocycles. The van der Waals surface area contributed by atoms with Crippen LogP contribution in [0.1, 0.15) is 11.1 Å². The number of rotatable bonds is 4. The average Bonchev–Trinajstić information content (AvgIpc) is 3.68. The molecule has 0 atom stereocenters. The van der Waals surface area contributed by atoms with Crippen LogP contribution in [-0.2, 0) is 0 Å². The van der Waals surface area contributed by atoms with Crippen molar-refractivity contribution in [3.63, 3.8) is 0 Å². The molecule has 9 aromatic rings. The van der Waals surface area contributed by atoms with Gasteiger partial charge in [0.15, 0.2) is 0 Å². The van der Waals surface area contributed by atoms with Crippen LogP contribution in [0.15, 0.2) is 158 Å². The molecular weight excluding hydrogens is 585 g/mol. The Bertz CT molecular complexity index is 2760. The maximum Gasteiger partial charge on any atom is 0.101 e. The Hall–Kier alpha value is -6.88. The van der Waals surface area contributed by atoms with Gasteiger partial charge in [0.2, 0.25) is 0 Å². The van der Waals surface area contributed by atoms with E-state index in [0.717, 1.165) is 66.5 Å². The highest BCUT2D eigenvalue weighted by molar-refractivity contribution is 6.11. The van der Waals surface area contributed by atoms with Crippen molar-refractivity contribution >= 4 is 43.6 Å². The van der Waals surface area contributed by atoms with Crippen molar-refractivity contribution in [3.05, 3.63) is 169 Å². The molecule has 0 fully saturated rings. The zero-order chi connectivity index (χ0) is 32.2. The molecule has 4 nitrogen and oxygen atoms in total. The molecule has 0 unspecified atom stereocenters. The Balaban J connectivity index is 1.23. The molecule has 7 aromatic carbocycles. The Morgan fingerprint density at radius 1 is 0.417 bits per heavy atom. The van der Waals surface area contributed by atoms with Crippen LogP contribution in [0.2, 0.25) is 0 Å². The summed E-state index contributed by atoms with van der Waals surface area (Å²) >= 11 is 0. The van der Waals surface area contributed by atoms with E-state index in [4.69, 9.17) is 0 Å². The molecule has 48 heavy (non-hydrogen) atoms. The van der Waals surface area contributed by atoms with Gasteiger partial charge in [0.25, 0.3) is 0 Å². The Labute approximate surface area is 277 Å². The third-order valence-electron chi connectivity index (χ3n) is 9.37. The first-order valence-electron chi connectivity index (χ1n) is 15.9. The zero-order valence-electron chi connectivity index (χ0n) is 25.8. The summed E-state index contributed by atoms with van der Waals surface area (Å²) in [5.74, 6) is 0. The molecular formula is C44H26N4. The minimum absolute atomic E-state index is 0.613. The number of nitriles is 2. The van der Waals surface area contributed by atoms with E-state index in [9.17, 15) is 10.5 Å². The minimum Gasteiger partial charge on any atom is -0.309 e. The van der Waals surface area contributed by atoms with E-state index in [0.29, 0.717) is 11.1 Å². The molecule has 0 radical (unpaired) electrons. The van der Waals surface area contributed by atoms with Gasteiger partial charge in [-0.1, -0.05) is 103 Å². The fourth-order valence-electron chi connectivity index (χ4n) is 7.28. The fraction of sp³-hybridized carbons (Fsp3) is 0. The molecule has 222 valence electrons. The molecule has 0 aliphatic carbocycles. The summed E-state index contributed by atoms with van der Waals surface area (Å²) in [5, 5.41) is 24.5. The molecule has 4 heteroatoms. The highest BCUT2D eigenvalue weighted by atomic mass is 15.0. The van der Waals surface area contributed by atoms with E-state index in [1.165, 1.54) is 10.8 Å². The van der Waals surface area contributed by atoms with Crippen LogP contribution in [0.25, 0.3) is 77.2 Å². The third kappa shape index (κ3) is 4.14. The van der Waals surface area contributed by atoms with Crippen molar-refractivity contribution in [1.82, 2.24) is 9.13 Å². The van der Waals surface area contributed by atoms with Crippen molar-refractivity contribution < 1.29 is 0 Å². The minimum atomic E-state index is 0.613. The zero-order valence-corrected chi connectivity index (χ0v) is 25.8. The molecule has 0 aliphatic rings. The van der Waals surface area contributed by atoms with Gasteiger partial charge >= 0.3 is 0 Å². The van der Waals surface area contributed by atoms with E-state index in [2.05, 4.69) is 143 Å². The topological polar surface area (TPSA) is 57.4 Å². The van der Waals surface area contributed by atoms with Gasteiger partial charge in [-0.25, -0.2) is 0 Å². The van der Waals surface area contributed by atoms with Crippen LogP contribution in [0.5, 0.6) is 0 Å². The van der Waals surface area contributed by atoms with Crippen molar-refractivity contribution in [1.29, 1.82) is 10.5 Å². The first-order valence-corrected chi connectivity index (χ1v) is 15.9. The SMILES string of the molecule is N#Cc1ccc(-c2cccc(-c3cccc(-n4c5ccccc5c5cccc(C#N)c54)c3)c2)c(-n2c3ccccc3c3ccccc32)c1. The van der Waals surface area contributed by atoms with Gasteiger partial charge in [-0.15, -0.1) is 0 Å². The molecule has 9 rings (SSSR count). The van der Waals surface area contributed by atoms with Crippen LogP contribution >= 0.6 is 0 Å². The van der Waals surface area contributed by atoms with Gasteiger partial charge in [-0.3, -0.25) is 0 Å². The van der Waals surface area contributed by atoms with Gasteiger partial charge in [0.1, 0.15) is 6.07 Å². The summed E-state index contributed by atoms with van der Waals surface area (Å²) in [5.41, 5.74) is 11.6. The lowest BCUT2D eigenvalue weighted by Crippen LogP contribution is -1.98. The van der Waals surface area contributed by atoms with Crippen molar-refractivity contribution in [2.45, 2.75) is 0 Å². The maximum atomic E-state index is 10.1. The number of fused-ring (bicyclic) bond motifs is 6. The lowest BCUT2D eigenvalue weighted by atomic mass is 9.96. The van der Waals surface area contributed by atoms with E-state index in [1.54, 1.807) is 0 Å². The second kappa shape index (κ2) is 10.9. The number of hydrogen-bond donors (Lipinski definition) is 0. The number of hydrogen-bond acceptors (Lipinski definition) is 2. The number of benzene rings is 7. The Kier molecular flexibility index (Phi) is 6.22. The monoisotopic (exact) mass is 610 g/mol. The van der Waals surface area contributed by atoms with Crippen LogP contribution < -0.4 is 0 Å². The molecule has 0 amide bonds. The first-order chi connectivity index (χ1) is 23.7. The standard InChI is InChI=1S/C44H26N4/c45-27-29-22-23-35(43(24-29)48-41-20-5-1-15-36(41)37-16-2-6-21-42(37)48)32-12-7-10-30(25-32)31-11-8-14-34(26-31)47-40-19-4-3-17-38(40)39-18-9-13-33(28-46)44(39)47/h1-26H. The quantitative estimate of drug-likeness (QED) is 0.199. The van der Waals surface area contributed by atoms with Crippen molar-refractivity contribution in [2.75, 3.05) is 0 Å². The molecule has 2 heterocycles. The summed E-state index contributed by atoms with van der Waals surface area (Å²) in [6.45, 7) is 0. The van der Waals surface area contributed by atoms with Gasteiger partial charge in [-0.05, 0) is 71.3 Å². The normalized spacial score (nSPS) is 11.3. The third-order valence-corrected chi connectivity index (χ3v) is 9.37. The van der Waals surface area contributed by atoms with Crippen molar-refractivity contribution in [3.8, 4) is 45.8 Å². The predicted molar refractivity (Wildman–Crippen MR) is 195 cm³/mol. The largest absolute Gasteiger partial charge is 0.309 e. The van der Waals surface area contributed by atoms with Gasteiger partial charge in [0, 0.05) is 32.8 Å². The Morgan fingerprint density at radius 3 is 1.67 bits per heavy atom. The van der Waals surface area contributed by atoms with E-state index in [-0.39, 0.29) is 0 Å². The molecule has 0 saturated heterocycles. The number of aromatic nitrogens is 2. The lowest BCUT2D eigenvalue weighted by Gasteiger charge is -2.16. The summed E-state index contributed by atoms with van der Waals surface area (Å²) in [6, 6.07) is 59.0. The Morgan fingerprint density at radius 2 is 0.979 bits per heavy atom. The summed E-state index contributed by atoms with van der Waals surface area (Å²) in [7, 11) is 0. The molecule has 2 aromatic heterocycles. The second-order valence-electron chi connectivity index (χ2n) is 12.0. The predicted octanol–water partition coefficient (Wildman–Crippen LogP) is 11.0. The summed E-state index contributed by atoms with van der Waals surface area (Å²) < 4.78 is 4.49. The molecule has 0 N–H and O–H groups in total. The highest BCUT2D eigenvalue weighted by Gasteiger charge is 2.18. The molecule has 0 saturated carbocycles. The van der Waals surface area contributed by atoms with Crippen molar-refractivity contribution in [2.24, 2.45) is 0 Å². The van der Waals surface area contributed by atoms with Crippen LogP contribution in [0.3, 0.4) is 0 Å². The fourth-order valence-corrected chi connectivity index (χ4v) is 7.28. The average molecular weight is 611 g/mol. The van der Waals surface area contributed by atoms with Gasteiger partial charge in [-0.2, -0.15) is 10.5 Å². The molecule has 0 spiro atoms. The maximum absolute atomic E-state index is 10.1. The molecule has 0 bridgehead atoms. The number of para-hydroxylation sites is 4. The summed E-state index contributed by atoms with van der Waals surface area (Å²) in [4.78, 5) is 0. The van der Waals surface area contributed by atoms with Gasteiger partial charge in [0.05, 0.1) is 45.0 Å². The van der Waals surface area contributed by atoms with Crippen LogP contribution in [0, 0.1) is 22.7 Å². The summed E-state index contributed by atoms with van der Waals surface area (Å²) in [6.07, 6.45) is 0. The van der Waals surface area contributed by atoms with Crippen LogP contribution in [-0.4, -0.2) is 9.13 Å². The lowest BCUT2D eigenvalue weighted by molar-refractivity contribution is 1.17. The van der Waals surface area contributed by atoms with Crippen LogP contribution in [0.4, 0.5) is 0 Å². The van der Waals surface area contributed by atoms with E-state index >= 15 is 0 Å². The smallest absolute Gasteiger partial charge is 0.101 e. The van der Waals surface area contributed by atoms with E-state index in [1.807, 2.05) is 36.4 Å².